The van der Waals surface area contributed by atoms with Crippen molar-refractivity contribution >= 4 is 12.1 Å². The van der Waals surface area contributed by atoms with E-state index >= 15 is 0 Å². The molecule has 1 aromatic rings. The number of carbonyl (C=O) groups excluding carboxylic acids is 1. The molecule has 1 aromatic carbocycles. The predicted molar refractivity (Wildman–Crippen MR) is 72.3 cm³/mol. The number of carboxylic acids is 1. The number of carboxylic acid groups (broad SMARTS) is 1. The Labute approximate surface area is 117 Å². The summed E-state index contributed by atoms with van der Waals surface area (Å²) in [6, 6.07) is 9.28. The number of amides is 1. The van der Waals surface area contributed by atoms with Crippen molar-refractivity contribution in [2.24, 2.45) is 0 Å². The summed E-state index contributed by atoms with van der Waals surface area (Å²) in [6.45, 7) is 2.43. The van der Waals surface area contributed by atoms with Crippen LogP contribution in [-0.4, -0.2) is 36.4 Å². The third-order valence-corrected chi connectivity index (χ3v) is 2.49. The van der Waals surface area contributed by atoms with Crippen LogP contribution in [0.3, 0.4) is 0 Å². The van der Waals surface area contributed by atoms with Gasteiger partial charge in [-0.15, -0.1) is 0 Å². The van der Waals surface area contributed by atoms with E-state index in [1.807, 2.05) is 30.3 Å². The first-order valence-electron chi connectivity index (χ1n) is 6.39. The quantitative estimate of drug-likeness (QED) is 0.759. The van der Waals surface area contributed by atoms with Gasteiger partial charge in [0.15, 0.2) is 0 Å². The minimum atomic E-state index is -0.970. The van der Waals surface area contributed by atoms with Crippen LogP contribution in [0.4, 0.5) is 4.79 Å². The van der Waals surface area contributed by atoms with Gasteiger partial charge in [0.2, 0.25) is 0 Å². The van der Waals surface area contributed by atoms with E-state index in [4.69, 9.17) is 14.6 Å². The zero-order valence-corrected chi connectivity index (χ0v) is 11.4. The van der Waals surface area contributed by atoms with Crippen molar-refractivity contribution in [1.29, 1.82) is 0 Å². The van der Waals surface area contributed by atoms with E-state index in [1.54, 1.807) is 6.92 Å². The zero-order chi connectivity index (χ0) is 14.8. The van der Waals surface area contributed by atoms with Crippen LogP contribution in [0.5, 0.6) is 0 Å². The van der Waals surface area contributed by atoms with E-state index < -0.39 is 18.2 Å². The molecule has 0 aliphatic heterocycles. The fourth-order valence-electron chi connectivity index (χ4n) is 1.59. The summed E-state index contributed by atoms with van der Waals surface area (Å²) < 4.78 is 10.2. The molecule has 2 N–H and O–H groups in total. The summed E-state index contributed by atoms with van der Waals surface area (Å²) in [5.41, 5.74) is 0.884. The lowest BCUT2D eigenvalue weighted by molar-refractivity contribution is -0.140. The normalized spacial score (nSPS) is 11.7. The number of aliphatic carboxylic acids is 1. The first-order chi connectivity index (χ1) is 9.61. The molecule has 110 valence electrons. The van der Waals surface area contributed by atoms with Gasteiger partial charge in [-0.1, -0.05) is 30.3 Å². The van der Waals surface area contributed by atoms with Gasteiger partial charge in [-0.2, -0.15) is 0 Å². The number of ether oxygens (including phenoxy) is 2. The number of carbonyl (C=O) groups is 2. The van der Waals surface area contributed by atoms with Crippen molar-refractivity contribution in [3.8, 4) is 0 Å². The molecule has 0 aromatic heterocycles. The molecule has 6 nitrogen and oxygen atoms in total. The molecule has 0 saturated heterocycles. The van der Waals surface area contributed by atoms with E-state index in [1.165, 1.54) is 0 Å². The summed E-state index contributed by atoms with van der Waals surface area (Å²) in [5, 5.41) is 11.2. The number of hydrogen-bond donors (Lipinski definition) is 2. The maximum Gasteiger partial charge on any atom is 0.407 e. The average Bonchev–Trinajstić information content (AvgIpc) is 2.43. The van der Waals surface area contributed by atoms with Crippen LogP contribution >= 0.6 is 0 Å². The Morgan fingerprint density at radius 2 is 2.00 bits per heavy atom. The predicted octanol–water partition coefficient (Wildman–Crippen LogP) is 1.79. The fraction of sp³-hybridized carbons (Fsp3) is 0.429. The maximum atomic E-state index is 11.5. The number of hydrogen-bond acceptors (Lipinski definition) is 4. The van der Waals surface area contributed by atoms with Crippen LogP contribution in [0.2, 0.25) is 0 Å². The number of rotatable bonds is 8. The van der Waals surface area contributed by atoms with Gasteiger partial charge in [-0.3, -0.25) is 4.79 Å². The molecule has 1 atom stereocenters. The minimum absolute atomic E-state index is 0.105. The van der Waals surface area contributed by atoms with Gasteiger partial charge in [0.1, 0.15) is 6.61 Å². The van der Waals surface area contributed by atoms with Crippen molar-refractivity contribution in [1.82, 2.24) is 5.32 Å². The van der Waals surface area contributed by atoms with Crippen LogP contribution in [0.15, 0.2) is 30.3 Å². The Kier molecular flexibility index (Phi) is 7.13. The fourth-order valence-corrected chi connectivity index (χ4v) is 1.59. The highest BCUT2D eigenvalue weighted by Gasteiger charge is 2.14. The molecule has 1 unspecified atom stereocenters. The van der Waals surface area contributed by atoms with Gasteiger partial charge in [0.25, 0.3) is 0 Å². The van der Waals surface area contributed by atoms with Crippen molar-refractivity contribution in [2.75, 3.05) is 13.2 Å². The van der Waals surface area contributed by atoms with Gasteiger partial charge in [0, 0.05) is 13.2 Å². The van der Waals surface area contributed by atoms with Gasteiger partial charge < -0.3 is 19.9 Å². The topological polar surface area (TPSA) is 84.9 Å². The molecule has 20 heavy (non-hydrogen) atoms. The van der Waals surface area contributed by atoms with E-state index in [-0.39, 0.29) is 19.6 Å². The standard InChI is InChI=1S/C14H19NO5/c1-2-19-12(8-13(16)17)9-15-14(18)20-10-11-6-4-3-5-7-11/h3-7,12H,2,8-10H2,1H3,(H,15,18)(H,16,17). The second kappa shape index (κ2) is 8.92. The lowest BCUT2D eigenvalue weighted by Gasteiger charge is -2.15. The van der Waals surface area contributed by atoms with E-state index in [0.717, 1.165) is 5.56 Å². The van der Waals surface area contributed by atoms with Gasteiger partial charge in [-0.25, -0.2) is 4.79 Å². The molecule has 0 fully saturated rings. The summed E-state index contributed by atoms with van der Waals surface area (Å²) in [4.78, 5) is 22.1. The molecular weight excluding hydrogens is 262 g/mol. The summed E-state index contributed by atoms with van der Waals surface area (Å²) in [7, 11) is 0. The molecule has 6 heteroatoms. The van der Waals surface area contributed by atoms with Crippen LogP contribution in [0.1, 0.15) is 18.9 Å². The Morgan fingerprint density at radius 3 is 2.60 bits per heavy atom. The second-order valence-corrected chi connectivity index (χ2v) is 4.12. The molecule has 1 rings (SSSR count). The van der Waals surface area contributed by atoms with Crippen molar-refractivity contribution in [2.45, 2.75) is 26.1 Å². The monoisotopic (exact) mass is 281 g/mol. The summed E-state index contributed by atoms with van der Waals surface area (Å²) >= 11 is 0. The minimum Gasteiger partial charge on any atom is -0.481 e. The second-order valence-electron chi connectivity index (χ2n) is 4.12. The van der Waals surface area contributed by atoms with Gasteiger partial charge in [-0.05, 0) is 12.5 Å². The number of alkyl carbamates (subject to hydrolysis) is 1. The molecule has 0 aliphatic carbocycles. The van der Waals surface area contributed by atoms with Gasteiger partial charge >= 0.3 is 12.1 Å². The SMILES string of the molecule is CCOC(CNC(=O)OCc1ccccc1)CC(=O)O. The average molecular weight is 281 g/mol. The summed E-state index contributed by atoms with van der Waals surface area (Å²) in [5.74, 6) is -0.970. The van der Waals surface area contributed by atoms with Crippen LogP contribution in [0, 0.1) is 0 Å². The molecule has 1 amide bonds. The highest BCUT2D eigenvalue weighted by Crippen LogP contribution is 2.01. The third-order valence-electron chi connectivity index (χ3n) is 2.49. The first-order valence-corrected chi connectivity index (χ1v) is 6.39. The molecular formula is C14H19NO5. The molecule has 0 radical (unpaired) electrons. The largest absolute Gasteiger partial charge is 0.481 e. The zero-order valence-electron chi connectivity index (χ0n) is 11.4. The highest BCUT2D eigenvalue weighted by molar-refractivity contribution is 5.68. The number of benzene rings is 1. The molecule has 0 heterocycles. The van der Waals surface area contributed by atoms with Crippen LogP contribution < -0.4 is 5.32 Å². The maximum absolute atomic E-state index is 11.5. The van der Waals surface area contributed by atoms with E-state index in [0.29, 0.717) is 6.61 Å². The highest BCUT2D eigenvalue weighted by atomic mass is 16.5. The molecule has 0 bridgehead atoms. The Hall–Kier alpha value is -2.08. The lowest BCUT2D eigenvalue weighted by atomic mass is 10.2. The van der Waals surface area contributed by atoms with Crippen LogP contribution in [-0.2, 0) is 20.9 Å². The smallest absolute Gasteiger partial charge is 0.407 e. The summed E-state index contributed by atoms with van der Waals surface area (Å²) in [6.07, 6.45) is -1.31. The van der Waals surface area contributed by atoms with Crippen molar-refractivity contribution < 1.29 is 24.2 Å². The Bertz CT molecular complexity index is 421. The first kappa shape index (κ1) is 16.0. The molecule has 0 saturated carbocycles. The van der Waals surface area contributed by atoms with Gasteiger partial charge in [0.05, 0.1) is 12.5 Å². The third kappa shape index (κ3) is 6.75. The van der Waals surface area contributed by atoms with Crippen molar-refractivity contribution in [3.63, 3.8) is 0 Å². The van der Waals surface area contributed by atoms with Crippen LogP contribution in [0.25, 0.3) is 0 Å². The lowest BCUT2D eigenvalue weighted by Crippen LogP contribution is -2.35. The van der Waals surface area contributed by atoms with Crippen molar-refractivity contribution in [3.05, 3.63) is 35.9 Å². The Balaban J connectivity index is 2.28. The molecule has 0 spiro atoms. The van der Waals surface area contributed by atoms with E-state index in [2.05, 4.69) is 5.32 Å². The number of nitrogens with one attached hydrogen (secondary N) is 1. The van der Waals surface area contributed by atoms with E-state index in [9.17, 15) is 9.59 Å². The molecule has 0 aliphatic rings. The Morgan fingerprint density at radius 1 is 1.30 bits per heavy atom.